The molecule has 3 aliphatic rings. The maximum absolute atomic E-state index is 11.8. The Hall–Kier alpha value is -1.38. The van der Waals surface area contributed by atoms with E-state index in [0.717, 1.165) is 45.1 Å². The summed E-state index contributed by atoms with van der Waals surface area (Å²) in [5.74, 6) is 0.0769. The number of ether oxygens (including phenoxy) is 1. The van der Waals surface area contributed by atoms with Gasteiger partial charge in [0.1, 0.15) is 0 Å². The van der Waals surface area contributed by atoms with Gasteiger partial charge in [-0.2, -0.15) is 0 Å². The number of carbonyl (C=O) groups is 2. The van der Waals surface area contributed by atoms with E-state index in [0.29, 0.717) is 19.1 Å². The smallest absolute Gasteiger partial charge is 0.411 e. The number of nitrogens with one attached hydrogen (secondary N) is 1. The summed E-state index contributed by atoms with van der Waals surface area (Å²) < 4.78 is 5.57. The highest BCUT2D eigenvalue weighted by Crippen LogP contribution is 2.25. The molecule has 3 rings (SSSR count). The summed E-state index contributed by atoms with van der Waals surface area (Å²) in [4.78, 5) is 28.9. The molecule has 0 aromatic heterocycles. The Labute approximate surface area is 161 Å². The molecule has 0 aromatic rings. The molecule has 0 radical (unpaired) electrons. The second-order valence-electron chi connectivity index (χ2n) is 8.18. The Bertz CT molecular complexity index is 512. The molecular weight excluding hydrogens is 348 g/mol. The summed E-state index contributed by atoms with van der Waals surface area (Å²) in [6.07, 6.45) is 5.80. The van der Waals surface area contributed by atoms with Crippen molar-refractivity contribution in [2.75, 3.05) is 52.9 Å². The van der Waals surface area contributed by atoms with Crippen LogP contribution in [0.15, 0.2) is 0 Å². The topological polar surface area (TPSA) is 85.3 Å². The molecule has 0 bridgehead atoms. The molecule has 3 fully saturated rings. The minimum absolute atomic E-state index is 0.173. The zero-order valence-electron chi connectivity index (χ0n) is 16.4. The highest BCUT2D eigenvalue weighted by atomic mass is 16.6. The van der Waals surface area contributed by atoms with Crippen LogP contribution in [0, 0.1) is 5.92 Å². The Kier molecular flexibility index (Phi) is 7.32. The second kappa shape index (κ2) is 9.71. The Morgan fingerprint density at radius 2 is 2.00 bits per heavy atom. The third kappa shape index (κ3) is 5.80. The first kappa shape index (κ1) is 20.4. The van der Waals surface area contributed by atoms with Crippen LogP contribution < -0.4 is 5.32 Å². The summed E-state index contributed by atoms with van der Waals surface area (Å²) in [7, 11) is 1.78. The van der Waals surface area contributed by atoms with E-state index < -0.39 is 5.97 Å². The minimum Gasteiger partial charge on any atom is -0.481 e. The minimum atomic E-state index is -0.744. The van der Waals surface area contributed by atoms with E-state index in [1.165, 1.54) is 25.7 Å². The molecule has 2 N–H and O–H groups in total. The third-order valence-corrected chi connectivity index (χ3v) is 6.21. The van der Waals surface area contributed by atoms with Crippen LogP contribution in [0.25, 0.3) is 0 Å². The van der Waals surface area contributed by atoms with Gasteiger partial charge in [0.25, 0.3) is 0 Å². The standard InChI is InChI=1S/C19H34N4O4/c1-21-14-17(27-19(21)26)23-12-11-22(10-7-18(24)25)13-16(23)4-2-3-15-5-8-20-9-6-15/h15-17,20H,2-14H2,1H3,(H,24,25). The lowest BCUT2D eigenvalue weighted by Gasteiger charge is -2.43. The van der Waals surface area contributed by atoms with Gasteiger partial charge in [-0.3, -0.25) is 14.6 Å². The average molecular weight is 383 g/mol. The zero-order valence-corrected chi connectivity index (χ0v) is 16.4. The largest absolute Gasteiger partial charge is 0.481 e. The summed E-state index contributed by atoms with van der Waals surface area (Å²) in [6.45, 7) is 5.98. The van der Waals surface area contributed by atoms with Crippen LogP contribution in [0.3, 0.4) is 0 Å². The molecule has 0 spiro atoms. The Morgan fingerprint density at radius 1 is 1.22 bits per heavy atom. The molecule has 2 atom stereocenters. The number of carboxylic acids is 1. The van der Waals surface area contributed by atoms with E-state index in [1.807, 2.05) is 0 Å². The van der Waals surface area contributed by atoms with Crippen LogP contribution in [0.5, 0.6) is 0 Å². The molecule has 3 saturated heterocycles. The van der Waals surface area contributed by atoms with Crippen LogP contribution in [0.2, 0.25) is 0 Å². The van der Waals surface area contributed by atoms with Crippen molar-refractivity contribution in [3.63, 3.8) is 0 Å². The lowest BCUT2D eigenvalue weighted by molar-refractivity contribution is -0.137. The van der Waals surface area contributed by atoms with Gasteiger partial charge in [-0.1, -0.05) is 12.8 Å². The van der Waals surface area contributed by atoms with Gasteiger partial charge in [-0.05, 0) is 38.3 Å². The Balaban J connectivity index is 1.54. The van der Waals surface area contributed by atoms with Gasteiger partial charge < -0.3 is 20.1 Å². The number of hydrogen-bond acceptors (Lipinski definition) is 6. The van der Waals surface area contributed by atoms with Crippen molar-refractivity contribution in [1.82, 2.24) is 20.0 Å². The maximum atomic E-state index is 11.8. The van der Waals surface area contributed by atoms with Gasteiger partial charge in [-0.15, -0.1) is 0 Å². The number of amides is 1. The van der Waals surface area contributed by atoms with Crippen molar-refractivity contribution >= 4 is 12.1 Å². The molecule has 1 amide bonds. The first-order valence-electron chi connectivity index (χ1n) is 10.4. The molecule has 8 heteroatoms. The predicted octanol–water partition coefficient (Wildman–Crippen LogP) is 1.03. The number of piperazine rings is 1. The van der Waals surface area contributed by atoms with Gasteiger partial charge in [0.2, 0.25) is 0 Å². The van der Waals surface area contributed by atoms with Gasteiger partial charge in [-0.25, -0.2) is 4.79 Å². The van der Waals surface area contributed by atoms with Gasteiger partial charge in [0.15, 0.2) is 6.23 Å². The summed E-state index contributed by atoms with van der Waals surface area (Å²) >= 11 is 0. The monoisotopic (exact) mass is 382 g/mol. The van der Waals surface area contributed by atoms with Crippen LogP contribution in [0.4, 0.5) is 4.79 Å². The summed E-state index contributed by atoms with van der Waals surface area (Å²) in [5, 5.41) is 12.4. The van der Waals surface area contributed by atoms with Crippen molar-refractivity contribution in [3.8, 4) is 0 Å². The predicted molar refractivity (Wildman–Crippen MR) is 102 cm³/mol. The fourth-order valence-corrected chi connectivity index (χ4v) is 4.56. The second-order valence-corrected chi connectivity index (χ2v) is 8.18. The number of aliphatic carboxylic acids is 1. The van der Waals surface area contributed by atoms with E-state index >= 15 is 0 Å². The normalized spacial score (nSPS) is 28.5. The fourth-order valence-electron chi connectivity index (χ4n) is 4.56. The molecule has 2 unspecified atom stereocenters. The maximum Gasteiger partial charge on any atom is 0.411 e. The number of nitrogens with zero attached hydrogens (tertiary/aromatic N) is 3. The van der Waals surface area contributed by atoms with Crippen molar-refractivity contribution < 1.29 is 19.4 Å². The van der Waals surface area contributed by atoms with Crippen LogP contribution in [-0.4, -0.2) is 97.0 Å². The third-order valence-electron chi connectivity index (χ3n) is 6.21. The number of cyclic esters (lactones) is 1. The number of likely N-dealkylation sites (N-methyl/N-ethyl adjacent to an activating group) is 1. The number of piperidine rings is 1. The number of carbonyl (C=O) groups excluding carboxylic acids is 1. The number of rotatable bonds is 8. The van der Waals surface area contributed by atoms with Gasteiger partial charge in [0.05, 0.1) is 13.0 Å². The molecule has 3 heterocycles. The van der Waals surface area contributed by atoms with E-state index in [2.05, 4.69) is 15.1 Å². The lowest BCUT2D eigenvalue weighted by Crippen LogP contribution is -2.57. The summed E-state index contributed by atoms with van der Waals surface area (Å²) in [6, 6.07) is 0.318. The highest BCUT2D eigenvalue weighted by molar-refractivity contribution is 5.69. The van der Waals surface area contributed by atoms with E-state index in [9.17, 15) is 9.59 Å². The van der Waals surface area contributed by atoms with Crippen molar-refractivity contribution in [2.45, 2.75) is 50.8 Å². The highest BCUT2D eigenvalue weighted by Gasteiger charge is 2.38. The first-order valence-corrected chi connectivity index (χ1v) is 10.4. The molecule has 0 aliphatic carbocycles. The van der Waals surface area contributed by atoms with Crippen LogP contribution in [0.1, 0.15) is 38.5 Å². The molecule has 3 aliphatic heterocycles. The van der Waals surface area contributed by atoms with Crippen molar-refractivity contribution in [3.05, 3.63) is 0 Å². The van der Waals surface area contributed by atoms with Crippen molar-refractivity contribution in [1.29, 1.82) is 0 Å². The number of hydrogen-bond donors (Lipinski definition) is 2. The van der Waals surface area contributed by atoms with Gasteiger partial charge >= 0.3 is 12.1 Å². The molecule has 0 saturated carbocycles. The zero-order chi connectivity index (χ0) is 19.2. The van der Waals surface area contributed by atoms with Crippen molar-refractivity contribution in [2.24, 2.45) is 5.92 Å². The molecule has 0 aromatic carbocycles. The average Bonchev–Trinajstić information content (AvgIpc) is 2.99. The molecule has 154 valence electrons. The van der Waals surface area contributed by atoms with Crippen LogP contribution >= 0.6 is 0 Å². The SMILES string of the molecule is CN1CC(N2CCN(CCC(=O)O)CC2CCCC2CCNCC2)OC1=O. The van der Waals surface area contributed by atoms with Gasteiger partial charge in [0, 0.05) is 39.3 Å². The van der Waals surface area contributed by atoms with E-state index in [1.54, 1.807) is 11.9 Å². The molecular formula is C19H34N4O4. The van der Waals surface area contributed by atoms with Crippen LogP contribution in [-0.2, 0) is 9.53 Å². The first-order chi connectivity index (χ1) is 13.0. The summed E-state index contributed by atoms with van der Waals surface area (Å²) in [5.41, 5.74) is 0. The number of carboxylic acid groups (broad SMARTS) is 1. The quantitative estimate of drug-likeness (QED) is 0.648. The van der Waals surface area contributed by atoms with E-state index in [-0.39, 0.29) is 18.7 Å². The fraction of sp³-hybridized carbons (Fsp3) is 0.895. The van der Waals surface area contributed by atoms with E-state index in [4.69, 9.17) is 9.84 Å². The Morgan fingerprint density at radius 3 is 2.67 bits per heavy atom. The molecule has 8 nitrogen and oxygen atoms in total. The molecule has 27 heavy (non-hydrogen) atoms. The lowest BCUT2D eigenvalue weighted by atomic mass is 9.91.